The molecule has 5 rings (SSSR count). The van der Waals surface area contributed by atoms with Gasteiger partial charge < -0.3 is 4.42 Å². The van der Waals surface area contributed by atoms with Crippen LogP contribution in [0.15, 0.2) is 71.3 Å². The molecule has 108 valence electrons. The minimum Gasteiger partial charge on any atom is -0.454 e. The van der Waals surface area contributed by atoms with Gasteiger partial charge in [0.1, 0.15) is 11.3 Å². The van der Waals surface area contributed by atoms with Crippen LogP contribution in [0, 0.1) is 0 Å². The van der Waals surface area contributed by atoms with Crippen LogP contribution in [0.5, 0.6) is 0 Å². The number of hydrogen-bond acceptors (Lipinski definition) is 4. The summed E-state index contributed by atoms with van der Waals surface area (Å²) in [4.78, 5) is 4.74. The zero-order chi connectivity index (χ0) is 15.2. The van der Waals surface area contributed by atoms with Gasteiger partial charge in [-0.1, -0.05) is 42.5 Å². The van der Waals surface area contributed by atoms with Gasteiger partial charge in [0.15, 0.2) is 5.58 Å². The average molecular weight is 297 g/mol. The van der Waals surface area contributed by atoms with Gasteiger partial charge >= 0.3 is 0 Å². The van der Waals surface area contributed by atoms with Crippen molar-refractivity contribution in [3.8, 4) is 11.4 Å². The molecule has 0 aliphatic carbocycles. The van der Waals surface area contributed by atoms with Crippen molar-refractivity contribution in [1.82, 2.24) is 15.2 Å². The van der Waals surface area contributed by atoms with E-state index in [-0.39, 0.29) is 0 Å². The number of para-hydroxylation sites is 2. The van der Waals surface area contributed by atoms with Gasteiger partial charge in [0.25, 0.3) is 0 Å². The van der Waals surface area contributed by atoms with Crippen molar-refractivity contribution in [3.05, 3.63) is 66.9 Å². The van der Waals surface area contributed by atoms with Crippen LogP contribution in [0.25, 0.3) is 44.2 Å². The summed E-state index contributed by atoms with van der Waals surface area (Å²) in [7, 11) is 0. The maximum Gasteiger partial charge on any atom is 0.157 e. The van der Waals surface area contributed by atoms with E-state index in [1.54, 1.807) is 6.20 Å². The number of furan rings is 1. The number of nitrogens with zero attached hydrogens (tertiary/aromatic N) is 3. The Morgan fingerprint density at radius 1 is 0.783 bits per heavy atom. The average Bonchev–Trinajstić information content (AvgIpc) is 3.00. The molecule has 2 aromatic carbocycles. The van der Waals surface area contributed by atoms with Crippen LogP contribution >= 0.6 is 0 Å². The topological polar surface area (TPSA) is 51.8 Å². The molecule has 0 saturated carbocycles. The van der Waals surface area contributed by atoms with Crippen molar-refractivity contribution < 1.29 is 4.42 Å². The SMILES string of the molecule is c1ccc2nc(-c3nncc4oc5ccccc5c34)ccc2c1. The third kappa shape index (κ3) is 1.82. The highest BCUT2D eigenvalue weighted by Crippen LogP contribution is 2.34. The van der Waals surface area contributed by atoms with Crippen LogP contribution in [0.3, 0.4) is 0 Å². The summed E-state index contributed by atoms with van der Waals surface area (Å²) in [5.74, 6) is 0. The maximum absolute atomic E-state index is 5.87. The molecular formula is C19H11N3O. The van der Waals surface area contributed by atoms with Crippen LogP contribution in [0.4, 0.5) is 0 Å². The second-order valence-corrected chi connectivity index (χ2v) is 5.42. The molecule has 3 aromatic heterocycles. The molecule has 0 atom stereocenters. The van der Waals surface area contributed by atoms with Crippen molar-refractivity contribution in [2.45, 2.75) is 0 Å². The van der Waals surface area contributed by atoms with E-state index in [9.17, 15) is 0 Å². The number of pyridine rings is 1. The Hall–Kier alpha value is -3.27. The Labute approximate surface area is 131 Å². The lowest BCUT2D eigenvalue weighted by Gasteiger charge is -2.03. The van der Waals surface area contributed by atoms with Crippen LogP contribution in [-0.4, -0.2) is 15.2 Å². The minimum absolute atomic E-state index is 0.728. The van der Waals surface area contributed by atoms with E-state index in [0.717, 1.165) is 44.2 Å². The zero-order valence-corrected chi connectivity index (χ0v) is 12.1. The molecule has 4 heteroatoms. The van der Waals surface area contributed by atoms with E-state index in [2.05, 4.69) is 16.3 Å². The Morgan fingerprint density at radius 2 is 1.65 bits per heavy atom. The normalized spacial score (nSPS) is 11.5. The fraction of sp³-hybridized carbons (Fsp3) is 0. The molecule has 0 saturated heterocycles. The Kier molecular flexibility index (Phi) is 2.46. The zero-order valence-electron chi connectivity index (χ0n) is 12.1. The van der Waals surface area contributed by atoms with E-state index < -0.39 is 0 Å². The molecule has 0 amide bonds. The lowest BCUT2D eigenvalue weighted by molar-refractivity contribution is 0.665. The van der Waals surface area contributed by atoms with E-state index in [4.69, 9.17) is 9.40 Å². The quantitative estimate of drug-likeness (QED) is 0.454. The second-order valence-electron chi connectivity index (χ2n) is 5.42. The number of rotatable bonds is 1. The van der Waals surface area contributed by atoms with Crippen molar-refractivity contribution in [3.63, 3.8) is 0 Å². The summed E-state index contributed by atoms with van der Waals surface area (Å²) >= 11 is 0. The summed E-state index contributed by atoms with van der Waals surface area (Å²) < 4.78 is 5.87. The van der Waals surface area contributed by atoms with Gasteiger partial charge in [-0.3, -0.25) is 0 Å². The third-order valence-electron chi connectivity index (χ3n) is 4.03. The molecule has 0 radical (unpaired) electrons. The number of benzene rings is 2. The van der Waals surface area contributed by atoms with Crippen molar-refractivity contribution in [2.75, 3.05) is 0 Å². The first-order valence-corrected chi connectivity index (χ1v) is 7.39. The molecule has 0 spiro atoms. The second kappa shape index (κ2) is 4.61. The molecule has 3 heterocycles. The lowest BCUT2D eigenvalue weighted by atomic mass is 10.1. The highest BCUT2D eigenvalue weighted by atomic mass is 16.3. The molecule has 0 aliphatic heterocycles. The van der Waals surface area contributed by atoms with E-state index in [1.807, 2.05) is 54.6 Å². The smallest absolute Gasteiger partial charge is 0.157 e. The molecule has 4 nitrogen and oxygen atoms in total. The highest BCUT2D eigenvalue weighted by molar-refractivity contribution is 6.10. The van der Waals surface area contributed by atoms with Crippen molar-refractivity contribution >= 4 is 32.8 Å². The van der Waals surface area contributed by atoms with E-state index >= 15 is 0 Å². The Morgan fingerprint density at radius 3 is 2.65 bits per heavy atom. The third-order valence-corrected chi connectivity index (χ3v) is 4.03. The van der Waals surface area contributed by atoms with Gasteiger partial charge in [-0.25, -0.2) is 4.98 Å². The van der Waals surface area contributed by atoms with Gasteiger partial charge in [0.05, 0.1) is 22.8 Å². The van der Waals surface area contributed by atoms with Crippen LogP contribution in [0.2, 0.25) is 0 Å². The van der Waals surface area contributed by atoms with Gasteiger partial charge in [0, 0.05) is 10.8 Å². The number of aromatic nitrogens is 3. The standard InChI is InChI=1S/C19H11N3O/c1-3-7-14-12(5-1)9-10-15(21-14)19-18-13-6-2-4-8-16(13)23-17(18)11-20-22-19/h1-11H. The summed E-state index contributed by atoms with van der Waals surface area (Å²) in [5, 5.41) is 11.5. The van der Waals surface area contributed by atoms with Gasteiger partial charge in [-0.2, -0.15) is 5.10 Å². The van der Waals surface area contributed by atoms with Crippen LogP contribution < -0.4 is 0 Å². The predicted molar refractivity (Wildman–Crippen MR) is 90.0 cm³/mol. The highest BCUT2D eigenvalue weighted by Gasteiger charge is 2.15. The lowest BCUT2D eigenvalue weighted by Crippen LogP contribution is -1.91. The monoisotopic (exact) mass is 297 g/mol. The Bertz CT molecular complexity index is 1180. The summed E-state index contributed by atoms with van der Waals surface area (Å²) in [6, 6.07) is 20.0. The number of hydrogen-bond donors (Lipinski definition) is 0. The van der Waals surface area contributed by atoms with Gasteiger partial charge in [-0.05, 0) is 18.2 Å². The molecule has 23 heavy (non-hydrogen) atoms. The molecule has 0 N–H and O–H groups in total. The first-order valence-electron chi connectivity index (χ1n) is 7.39. The summed E-state index contributed by atoms with van der Waals surface area (Å²) in [6.45, 7) is 0. The van der Waals surface area contributed by atoms with E-state index in [1.165, 1.54) is 0 Å². The van der Waals surface area contributed by atoms with Crippen LogP contribution in [-0.2, 0) is 0 Å². The molecule has 0 aliphatic rings. The maximum atomic E-state index is 5.87. The summed E-state index contributed by atoms with van der Waals surface area (Å²) in [6.07, 6.45) is 1.65. The van der Waals surface area contributed by atoms with Gasteiger partial charge in [-0.15, -0.1) is 5.10 Å². The largest absolute Gasteiger partial charge is 0.454 e. The molecule has 0 fully saturated rings. The van der Waals surface area contributed by atoms with Crippen molar-refractivity contribution in [1.29, 1.82) is 0 Å². The fourth-order valence-corrected chi connectivity index (χ4v) is 2.97. The fourth-order valence-electron chi connectivity index (χ4n) is 2.97. The first-order chi connectivity index (χ1) is 11.4. The van der Waals surface area contributed by atoms with E-state index in [0.29, 0.717) is 0 Å². The summed E-state index contributed by atoms with van der Waals surface area (Å²) in [5.41, 5.74) is 4.05. The minimum atomic E-state index is 0.728. The first kappa shape index (κ1) is 12.3. The molecule has 5 aromatic rings. The van der Waals surface area contributed by atoms with Crippen molar-refractivity contribution in [2.24, 2.45) is 0 Å². The Balaban J connectivity index is 1.87. The molecule has 0 unspecified atom stereocenters. The number of fused-ring (bicyclic) bond motifs is 4. The van der Waals surface area contributed by atoms with Gasteiger partial charge in [0.2, 0.25) is 0 Å². The predicted octanol–water partition coefficient (Wildman–Crippen LogP) is 4.59. The molecule has 0 bridgehead atoms. The molecular weight excluding hydrogens is 286 g/mol. The van der Waals surface area contributed by atoms with Crippen LogP contribution in [0.1, 0.15) is 0 Å².